The van der Waals surface area contributed by atoms with Gasteiger partial charge in [0.15, 0.2) is 5.13 Å². The standard InChI is InChI=1S/C20H19N5O3S2/c1-3-17-13(2)25-12-14(4-9-18(25)23-17)19(26)22-15-5-7-16(8-6-15)30(27,28)24-20-21-10-11-29-20/h4-12H,3H2,1-2H3,(H,21,24)(H,22,26). The Kier molecular flexibility index (Phi) is 5.27. The number of aromatic nitrogens is 3. The van der Waals surface area contributed by atoms with Gasteiger partial charge >= 0.3 is 0 Å². The lowest BCUT2D eigenvalue weighted by Gasteiger charge is -2.08. The van der Waals surface area contributed by atoms with E-state index in [1.54, 1.807) is 35.8 Å². The number of pyridine rings is 1. The molecule has 0 unspecified atom stereocenters. The highest BCUT2D eigenvalue weighted by atomic mass is 32.2. The Morgan fingerprint density at radius 1 is 1.17 bits per heavy atom. The Morgan fingerprint density at radius 3 is 2.60 bits per heavy atom. The average Bonchev–Trinajstić information content (AvgIpc) is 3.35. The van der Waals surface area contributed by atoms with Gasteiger partial charge in [-0.05, 0) is 49.7 Å². The Bertz CT molecular complexity index is 1310. The lowest BCUT2D eigenvalue weighted by Crippen LogP contribution is -2.14. The summed E-state index contributed by atoms with van der Waals surface area (Å²) in [6.07, 6.45) is 4.09. The van der Waals surface area contributed by atoms with Crippen LogP contribution in [0.5, 0.6) is 0 Å². The second-order valence-corrected chi connectivity index (χ2v) is 9.14. The van der Waals surface area contributed by atoms with E-state index in [1.807, 2.05) is 18.2 Å². The fourth-order valence-electron chi connectivity index (χ4n) is 3.05. The predicted molar refractivity (Wildman–Crippen MR) is 117 cm³/mol. The molecule has 0 saturated carbocycles. The molecule has 0 aliphatic rings. The smallest absolute Gasteiger partial charge is 0.263 e. The monoisotopic (exact) mass is 441 g/mol. The topological polar surface area (TPSA) is 105 Å². The Balaban J connectivity index is 1.51. The molecule has 0 aliphatic carbocycles. The Hall–Kier alpha value is -3.24. The second-order valence-electron chi connectivity index (χ2n) is 6.56. The minimum atomic E-state index is -3.74. The van der Waals surface area contributed by atoms with Gasteiger partial charge in [0.2, 0.25) is 0 Å². The number of carbonyl (C=O) groups is 1. The summed E-state index contributed by atoms with van der Waals surface area (Å²) in [7, 11) is -3.74. The number of rotatable bonds is 6. The van der Waals surface area contributed by atoms with Gasteiger partial charge in [-0.2, -0.15) is 0 Å². The normalized spacial score (nSPS) is 11.5. The number of benzene rings is 1. The Morgan fingerprint density at radius 2 is 1.93 bits per heavy atom. The van der Waals surface area contributed by atoms with Gasteiger partial charge in [0.1, 0.15) is 5.65 Å². The molecule has 2 N–H and O–H groups in total. The third-order valence-electron chi connectivity index (χ3n) is 4.63. The van der Waals surface area contributed by atoms with Crippen molar-refractivity contribution in [1.82, 2.24) is 14.4 Å². The van der Waals surface area contributed by atoms with Crippen molar-refractivity contribution in [3.8, 4) is 0 Å². The minimum absolute atomic E-state index is 0.0817. The quantitative estimate of drug-likeness (QED) is 0.474. The number of hydrogen-bond acceptors (Lipinski definition) is 6. The summed E-state index contributed by atoms with van der Waals surface area (Å²) in [5, 5.41) is 4.77. The van der Waals surface area contributed by atoms with Crippen LogP contribution in [-0.4, -0.2) is 28.7 Å². The number of imidazole rings is 1. The molecule has 0 bridgehead atoms. The summed E-state index contributed by atoms with van der Waals surface area (Å²) < 4.78 is 29.1. The van der Waals surface area contributed by atoms with Crippen LogP contribution < -0.4 is 10.0 Å². The van der Waals surface area contributed by atoms with E-state index in [0.717, 1.165) is 23.5 Å². The van der Waals surface area contributed by atoms with Crippen molar-refractivity contribution in [1.29, 1.82) is 0 Å². The minimum Gasteiger partial charge on any atom is -0.322 e. The molecule has 1 aromatic carbocycles. The fourth-order valence-corrected chi connectivity index (χ4v) is 4.84. The van der Waals surface area contributed by atoms with Crippen LogP contribution in [0.2, 0.25) is 0 Å². The zero-order valence-corrected chi connectivity index (χ0v) is 17.9. The summed E-state index contributed by atoms with van der Waals surface area (Å²) in [5.74, 6) is -0.292. The van der Waals surface area contributed by atoms with Crippen LogP contribution in [0.4, 0.5) is 10.8 Å². The van der Waals surface area contributed by atoms with Gasteiger partial charge in [-0.1, -0.05) is 6.92 Å². The number of anilines is 2. The van der Waals surface area contributed by atoms with Gasteiger partial charge < -0.3 is 9.72 Å². The number of sulfonamides is 1. The largest absolute Gasteiger partial charge is 0.322 e. The zero-order valence-electron chi connectivity index (χ0n) is 16.3. The molecule has 0 spiro atoms. The van der Waals surface area contributed by atoms with Crippen molar-refractivity contribution in [2.45, 2.75) is 25.2 Å². The van der Waals surface area contributed by atoms with Gasteiger partial charge in [0, 0.05) is 29.2 Å². The third kappa shape index (κ3) is 3.91. The maximum absolute atomic E-state index is 12.7. The van der Waals surface area contributed by atoms with E-state index in [0.29, 0.717) is 16.4 Å². The number of carbonyl (C=O) groups excluding carboxylic acids is 1. The van der Waals surface area contributed by atoms with Crippen LogP contribution in [0, 0.1) is 6.92 Å². The Labute approximate surface area is 177 Å². The van der Waals surface area contributed by atoms with E-state index in [2.05, 4.69) is 20.0 Å². The van der Waals surface area contributed by atoms with Crippen molar-refractivity contribution in [2.75, 3.05) is 10.0 Å². The average molecular weight is 442 g/mol. The molecule has 0 saturated heterocycles. The van der Waals surface area contributed by atoms with Crippen molar-refractivity contribution in [3.05, 3.63) is 71.1 Å². The van der Waals surface area contributed by atoms with Gasteiger partial charge in [-0.25, -0.2) is 18.4 Å². The van der Waals surface area contributed by atoms with E-state index in [9.17, 15) is 13.2 Å². The van der Waals surface area contributed by atoms with Crippen molar-refractivity contribution in [2.24, 2.45) is 0 Å². The summed E-state index contributed by atoms with van der Waals surface area (Å²) in [6.45, 7) is 4.01. The van der Waals surface area contributed by atoms with E-state index < -0.39 is 10.0 Å². The van der Waals surface area contributed by atoms with Crippen LogP contribution in [0.25, 0.3) is 5.65 Å². The maximum Gasteiger partial charge on any atom is 0.263 e. The van der Waals surface area contributed by atoms with Crippen LogP contribution in [0.3, 0.4) is 0 Å². The molecule has 30 heavy (non-hydrogen) atoms. The molecular formula is C20H19N5O3S2. The van der Waals surface area contributed by atoms with Gasteiger partial charge in [0.05, 0.1) is 16.2 Å². The molecule has 0 aliphatic heterocycles. The SMILES string of the molecule is CCc1nc2ccc(C(=O)Nc3ccc(S(=O)(=O)Nc4nccs4)cc3)cn2c1C. The molecule has 0 radical (unpaired) electrons. The second kappa shape index (κ2) is 7.88. The highest BCUT2D eigenvalue weighted by Crippen LogP contribution is 2.20. The first kappa shape index (κ1) is 20.0. The lowest BCUT2D eigenvalue weighted by atomic mass is 10.2. The molecule has 154 valence electrons. The first-order valence-corrected chi connectivity index (χ1v) is 11.5. The zero-order chi connectivity index (χ0) is 21.3. The van der Waals surface area contributed by atoms with Crippen LogP contribution in [-0.2, 0) is 16.4 Å². The molecule has 4 rings (SSSR count). The van der Waals surface area contributed by atoms with Crippen LogP contribution >= 0.6 is 11.3 Å². The van der Waals surface area contributed by atoms with E-state index >= 15 is 0 Å². The summed E-state index contributed by atoms with van der Waals surface area (Å²) >= 11 is 1.19. The van der Waals surface area contributed by atoms with E-state index in [1.165, 1.54) is 29.7 Å². The van der Waals surface area contributed by atoms with E-state index in [4.69, 9.17) is 0 Å². The molecule has 4 aromatic rings. The number of hydrogen-bond donors (Lipinski definition) is 2. The highest BCUT2D eigenvalue weighted by molar-refractivity contribution is 7.93. The van der Waals surface area contributed by atoms with Crippen molar-refractivity contribution in [3.63, 3.8) is 0 Å². The van der Waals surface area contributed by atoms with Gasteiger partial charge in [-0.15, -0.1) is 11.3 Å². The number of nitrogens with zero attached hydrogens (tertiary/aromatic N) is 3. The molecule has 0 atom stereocenters. The number of fused-ring (bicyclic) bond motifs is 1. The molecule has 10 heteroatoms. The fraction of sp³-hybridized carbons (Fsp3) is 0.150. The highest BCUT2D eigenvalue weighted by Gasteiger charge is 2.16. The molecule has 1 amide bonds. The first-order chi connectivity index (χ1) is 14.4. The van der Waals surface area contributed by atoms with E-state index in [-0.39, 0.29) is 10.8 Å². The molecule has 8 nitrogen and oxygen atoms in total. The first-order valence-electron chi connectivity index (χ1n) is 9.18. The maximum atomic E-state index is 12.7. The number of amides is 1. The molecule has 3 aromatic heterocycles. The predicted octanol–water partition coefficient (Wildman–Crippen LogP) is 3.71. The molecular weight excluding hydrogens is 422 g/mol. The third-order valence-corrected chi connectivity index (χ3v) is 6.80. The molecule has 0 fully saturated rings. The summed E-state index contributed by atoms with van der Waals surface area (Å²) in [4.78, 5) is 21.2. The summed E-state index contributed by atoms with van der Waals surface area (Å²) in [6, 6.07) is 9.48. The molecule has 3 heterocycles. The van der Waals surface area contributed by atoms with Gasteiger partial charge in [-0.3, -0.25) is 9.52 Å². The number of aryl methyl sites for hydroxylation is 2. The van der Waals surface area contributed by atoms with Gasteiger partial charge in [0.25, 0.3) is 15.9 Å². The van der Waals surface area contributed by atoms with Crippen molar-refractivity contribution < 1.29 is 13.2 Å². The summed E-state index contributed by atoms with van der Waals surface area (Å²) in [5.41, 5.74) is 3.76. The van der Waals surface area contributed by atoms with Crippen LogP contribution in [0.15, 0.2) is 59.1 Å². The lowest BCUT2D eigenvalue weighted by molar-refractivity contribution is 0.102. The number of thiazole rings is 1. The number of nitrogens with one attached hydrogen (secondary N) is 2. The van der Waals surface area contributed by atoms with Crippen molar-refractivity contribution >= 4 is 43.7 Å². The van der Waals surface area contributed by atoms with Crippen LogP contribution in [0.1, 0.15) is 28.7 Å².